The number of aromatic nitrogens is 2. The molecule has 0 atom stereocenters. The molecule has 1 aromatic heterocycles. The van der Waals surface area contributed by atoms with Crippen LogP contribution in [0.3, 0.4) is 0 Å². The number of hydrogen-bond donors (Lipinski definition) is 0. The summed E-state index contributed by atoms with van der Waals surface area (Å²) in [6.07, 6.45) is 3.27. The van der Waals surface area contributed by atoms with Crippen molar-refractivity contribution < 1.29 is 27.2 Å². The van der Waals surface area contributed by atoms with Gasteiger partial charge in [0.1, 0.15) is 11.5 Å². The molecule has 2 aromatic carbocycles. The number of piperidine rings is 1. The predicted octanol–water partition coefficient (Wildman–Crippen LogP) is 3.52. The third-order valence-corrected chi connectivity index (χ3v) is 8.32. The molecule has 1 aliphatic rings. The van der Waals surface area contributed by atoms with Crippen LogP contribution < -0.4 is 9.47 Å². The zero-order valence-electron chi connectivity index (χ0n) is 21.3. The van der Waals surface area contributed by atoms with Crippen LogP contribution in [0.5, 0.6) is 11.5 Å². The summed E-state index contributed by atoms with van der Waals surface area (Å²) in [5.41, 5.74) is 1.44. The fourth-order valence-corrected chi connectivity index (χ4v) is 5.83. The molecule has 1 saturated heterocycles. The molecule has 0 bridgehead atoms. The Morgan fingerprint density at radius 2 is 1.78 bits per heavy atom. The first-order valence-electron chi connectivity index (χ1n) is 12.2. The highest BCUT2D eigenvalue weighted by Crippen LogP contribution is 2.27. The van der Waals surface area contributed by atoms with Crippen molar-refractivity contribution in [2.24, 2.45) is 0 Å². The highest BCUT2D eigenvalue weighted by molar-refractivity contribution is 7.89. The molecular formula is C26H32N4O6S. The molecule has 1 fully saturated rings. The Bertz CT molecular complexity index is 1320. The zero-order chi connectivity index (χ0) is 26.4. The number of methoxy groups -OCH3 is 2. The van der Waals surface area contributed by atoms with Crippen LogP contribution in [0.15, 0.2) is 51.9 Å². The average molecular weight is 529 g/mol. The highest BCUT2D eigenvalue weighted by Gasteiger charge is 2.27. The van der Waals surface area contributed by atoms with Crippen molar-refractivity contribution in [2.75, 3.05) is 34.4 Å². The second kappa shape index (κ2) is 11.7. The number of sulfonamides is 1. The number of carbonyl (C=O) groups excluding carboxylic acids is 1. The minimum Gasteiger partial charge on any atom is -0.497 e. The van der Waals surface area contributed by atoms with Crippen LogP contribution in [0.1, 0.15) is 37.1 Å². The number of hydrogen-bond acceptors (Lipinski definition) is 8. The first kappa shape index (κ1) is 26.6. The van der Waals surface area contributed by atoms with Crippen LogP contribution in [0.25, 0.3) is 11.4 Å². The van der Waals surface area contributed by atoms with Gasteiger partial charge in [-0.1, -0.05) is 11.6 Å². The number of nitrogens with zero attached hydrogens (tertiary/aromatic N) is 4. The third-order valence-electron chi connectivity index (χ3n) is 6.43. The van der Waals surface area contributed by atoms with Crippen molar-refractivity contribution in [3.05, 3.63) is 53.9 Å². The Labute approximate surface area is 217 Å². The second-order valence-corrected chi connectivity index (χ2v) is 10.9. The number of aryl methyl sites for hydroxylation is 1. The number of rotatable bonds is 10. The van der Waals surface area contributed by atoms with E-state index in [4.69, 9.17) is 14.0 Å². The standard InChI is InChI=1S/C26H32N4O6S/c1-29(18-24-27-26(28-36-24)19-7-10-21(34-2)11-8-19)25(31)14-9-20-17-22(12-13-23(20)35-3)37(32,33)30-15-5-4-6-16-30/h7-8,10-13,17H,4-6,9,14-16,18H2,1-3H3. The van der Waals surface area contributed by atoms with Gasteiger partial charge in [0.15, 0.2) is 0 Å². The van der Waals surface area contributed by atoms with E-state index in [1.165, 1.54) is 16.3 Å². The molecule has 3 aromatic rings. The van der Waals surface area contributed by atoms with Crippen molar-refractivity contribution in [2.45, 2.75) is 43.5 Å². The fraction of sp³-hybridized carbons (Fsp3) is 0.423. The highest BCUT2D eigenvalue weighted by atomic mass is 32.2. The molecule has 10 nitrogen and oxygen atoms in total. The first-order chi connectivity index (χ1) is 17.8. The van der Waals surface area contributed by atoms with Crippen LogP contribution in [0.4, 0.5) is 0 Å². The Hall–Kier alpha value is -3.44. The van der Waals surface area contributed by atoms with E-state index >= 15 is 0 Å². The molecule has 0 N–H and O–H groups in total. The molecule has 4 rings (SSSR count). The quantitative estimate of drug-likeness (QED) is 0.393. The van der Waals surface area contributed by atoms with Crippen molar-refractivity contribution >= 4 is 15.9 Å². The fourth-order valence-electron chi connectivity index (χ4n) is 4.27. The van der Waals surface area contributed by atoms with Crippen LogP contribution in [-0.2, 0) is 27.8 Å². The summed E-state index contributed by atoms with van der Waals surface area (Å²) < 4.78 is 43.7. The second-order valence-electron chi connectivity index (χ2n) is 8.93. The number of ether oxygens (including phenoxy) is 2. The monoisotopic (exact) mass is 528 g/mol. The third kappa shape index (κ3) is 6.28. The lowest BCUT2D eigenvalue weighted by atomic mass is 10.1. The van der Waals surface area contributed by atoms with Crippen LogP contribution >= 0.6 is 0 Å². The normalized spacial score (nSPS) is 14.4. The smallest absolute Gasteiger partial charge is 0.246 e. The molecule has 11 heteroatoms. The van der Waals surface area contributed by atoms with E-state index in [-0.39, 0.29) is 23.8 Å². The lowest BCUT2D eigenvalue weighted by Crippen LogP contribution is -2.35. The molecule has 1 aliphatic heterocycles. The largest absolute Gasteiger partial charge is 0.497 e. The van der Waals surface area contributed by atoms with Crippen molar-refractivity contribution in [1.82, 2.24) is 19.3 Å². The van der Waals surface area contributed by atoms with Crippen molar-refractivity contribution in [3.8, 4) is 22.9 Å². The van der Waals surface area contributed by atoms with Gasteiger partial charge in [0.25, 0.3) is 0 Å². The molecule has 0 spiro atoms. The molecule has 0 radical (unpaired) electrons. The van der Waals surface area contributed by atoms with E-state index in [2.05, 4.69) is 10.1 Å². The molecule has 198 valence electrons. The van der Waals surface area contributed by atoms with Gasteiger partial charge in [-0.2, -0.15) is 9.29 Å². The molecule has 0 aliphatic carbocycles. The molecular weight excluding hydrogens is 496 g/mol. The molecule has 1 amide bonds. The van der Waals surface area contributed by atoms with Gasteiger partial charge in [-0.15, -0.1) is 0 Å². The minimum absolute atomic E-state index is 0.143. The lowest BCUT2D eigenvalue weighted by molar-refractivity contribution is -0.130. The van der Waals surface area contributed by atoms with Gasteiger partial charge in [0.2, 0.25) is 27.6 Å². The summed E-state index contributed by atoms with van der Waals surface area (Å²) in [4.78, 5) is 19.0. The van der Waals surface area contributed by atoms with Gasteiger partial charge in [-0.3, -0.25) is 4.79 Å². The maximum atomic E-state index is 13.1. The summed E-state index contributed by atoms with van der Waals surface area (Å²) in [7, 11) is 1.20. The Balaban J connectivity index is 1.39. The maximum absolute atomic E-state index is 13.1. The van der Waals surface area contributed by atoms with Gasteiger partial charge in [-0.25, -0.2) is 8.42 Å². The summed E-state index contributed by atoms with van der Waals surface area (Å²) in [5, 5.41) is 4.00. The Kier molecular flexibility index (Phi) is 8.45. The van der Waals surface area contributed by atoms with Gasteiger partial charge in [-0.05, 0) is 67.3 Å². The van der Waals surface area contributed by atoms with Crippen LogP contribution in [-0.4, -0.2) is 68.0 Å². The van der Waals surface area contributed by atoms with E-state index in [1.54, 1.807) is 32.4 Å². The summed E-state index contributed by atoms with van der Waals surface area (Å²) in [5.74, 6) is 1.87. The van der Waals surface area contributed by atoms with E-state index in [9.17, 15) is 13.2 Å². The van der Waals surface area contributed by atoms with E-state index in [0.717, 1.165) is 30.6 Å². The Morgan fingerprint density at radius 1 is 1.05 bits per heavy atom. The van der Waals surface area contributed by atoms with Gasteiger partial charge in [0.05, 0.1) is 25.7 Å². The first-order valence-corrected chi connectivity index (χ1v) is 13.6. The van der Waals surface area contributed by atoms with Crippen molar-refractivity contribution in [1.29, 1.82) is 0 Å². The SMILES string of the molecule is COc1ccc(-c2noc(CN(C)C(=O)CCc3cc(S(=O)(=O)N4CCCCC4)ccc3OC)n2)cc1. The van der Waals surface area contributed by atoms with Crippen LogP contribution in [0, 0.1) is 0 Å². The average Bonchev–Trinajstić information content (AvgIpc) is 3.40. The van der Waals surface area contributed by atoms with E-state index in [0.29, 0.717) is 42.5 Å². The van der Waals surface area contributed by atoms with E-state index in [1.807, 2.05) is 24.3 Å². The van der Waals surface area contributed by atoms with E-state index < -0.39 is 10.0 Å². The van der Waals surface area contributed by atoms with Crippen LogP contribution in [0.2, 0.25) is 0 Å². The topological polar surface area (TPSA) is 115 Å². The molecule has 37 heavy (non-hydrogen) atoms. The number of benzene rings is 2. The van der Waals surface area contributed by atoms with Gasteiger partial charge < -0.3 is 18.9 Å². The van der Waals surface area contributed by atoms with Gasteiger partial charge in [0, 0.05) is 32.1 Å². The summed E-state index contributed by atoms with van der Waals surface area (Å²) in [6, 6.07) is 12.1. The predicted molar refractivity (Wildman–Crippen MR) is 137 cm³/mol. The Morgan fingerprint density at radius 3 is 2.46 bits per heavy atom. The van der Waals surface area contributed by atoms with Gasteiger partial charge >= 0.3 is 0 Å². The molecule has 2 heterocycles. The maximum Gasteiger partial charge on any atom is 0.246 e. The minimum atomic E-state index is -3.58. The number of amides is 1. The summed E-state index contributed by atoms with van der Waals surface area (Å²) >= 11 is 0. The van der Waals surface area contributed by atoms with Crippen molar-refractivity contribution in [3.63, 3.8) is 0 Å². The molecule has 0 unspecified atom stereocenters. The molecule has 0 saturated carbocycles. The number of carbonyl (C=O) groups is 1. The summed E-state index contributed by atoms with van der Waals surface area (Å²) in [6.45, 7) is 1.22. The lowest BCUT2D eigenvalue weighted by Gasteiger charge is -2.26. The zero-order valence-corrected chi connectivity index (χ0v) is 22.2.